The highest BCUT2D eigenvalue weighted by Gasteiger charge is 2.10. The van der Waals surface area contributed by atoms with Crippen molar-refractivity contribution >= 4 is 34.7 Å². The van der Waals surface area contributed by atoms with Crippen LogP contribution in [0.2, 0.25) is 5.02 Å². The number of hydrogen-bond donors (Lipinski definition) is 2. The lowest BCUT2D eigenvalue weighted by Crippen LogP contribution is -2.23. The molecular formula is C14H16ClN3OS. The topological polar surface area (TPSA) is 54.0 Å². The summed E-state index contributed by atoms with van der Waals surface area (Å²) in [6.45, 7) is 2.64. The molecule has 0 aromatic carbocycles. The van der Waals surface area contributed by atoms with Crippen molar-refractivity contribution < 1.29 is 4.79 Å². The summed E-state index contributed by atoms with van der Waals surface area (Å²) in [5, 5.41) is 8.23. The summed E-state index contributed by atoms with van der Waals surface area (Å²) in [5.41, 5.74) is 1.74. The van der Waals surface area contributed by atoms with E-state index < -0.39 is 0 Å². The third kappa shape index (κ3) is 3.29. The van der Waals surface area contributed by atoms with Crippen LogP contribution in [0.3, 0.4) is 0 Å². The molecular weight excluding hydrogens is 294 g/mol. The number of nitrogens with one attached hydrogen (secondary N) is 2. The predicted molar refractivity (Wildman–Crippen MR) is 83.7 cm³/mol. The Kier molecular flexibility index (Phi) is 4.98. The Hall–Kier alpha value is -1.59. The number of halogens is 1. The molecule has 0 fully saturated rings. The summed E-state index contributed by atoms with van der Waals surface area (Å²) >= 11 is 7.67. The van der Waals surface area contributed by atoms with Crippen molar-refractivity contribution in [3.63, 3.8) is 0 Å². The molecule has 2 aromatic rings. The first-order chi connectivity index (χ1) is 9.65. The summed E-state index contributed by atoms with van der Waals surface area (Å²) in [5.74, 6) is 0.396. The Morgan fingerprint density at radius 3 is 2.95 bits per heavy atom. The van der Waals surface area contributed by atoms with Crippen molar-refractivity contribution in [2.45, 2.75) is 19.9 Å². The van der Waals surface area contributed by atoms with Gasteiger partial charge in [-0.05, 0) is 29.5 Å². The highest BCUT2D eigenvalue weighted by molar-refractivity contribution is 7.10. The van der Waals surface area contributed by atoms with E-state index in [9.17, 15) is 4.79 Å². The standard InChI is InChI=1S/C14H16ClN3OS/c1-3-9-4-5-20-12(9)8-18-14(19)10-6-11(15)13(16-2)17-7-10/h4-7H,3,8H2,1-2H3,(H,16,17)(H,18,19). The summed E-state index contributed by atoms with van der Waals surface area (Å²) in [7, 11) is 1.73. The van der Waals surface area contributed by atoms with E-state index in [2.05, 4.69) is 28.6 Å². The van der Waals surface area contributed by atoms with Crippen LogP contribution in [0.25, 0.3) is 0 Å². The number of thiophene rings is 1. The van der Waals surface area contributed by atoms with E-state index in [1.54, 1.807) is 24.5 Å². The lowest BCUT2D eigenvalue weighted by molar-refractivity contribution is 0.0951. The van der Waals surface area contributed by atoms with E-state index in [-0.39, 0.29) is 5.91 Å². The number of carbonyl (C=O) groups is 1. The van der Waals surface area contributed by atoms with E-state index in [4.69, 9.17) is 11.6 Å². The zero-order chi connectivity index (χ0) is 14.5. The van der Waals surface area contributed by atoms with Gasteiger partial charge >= 0.3 is 0 Å². The minimum absolute atomic E-state index is 0.169. The molecule has 0 atom stereocenters. The molecule has 2 heterocycles. The average molecular weight is 310 g/mol. The van der Waals surface area contributed by atoms with Crippen molar-refractivity contribution in [2.75, 3.05) is 12.4 Å². The van der Waals surface area contributed by atoms with Crippen LogP contribution in [-0.2, 0) is 13.0 Å². The van der Waals surface area contributed by atoms with Crippen LogP contribution in [0.1, 0.15) is 27.7 Å². The van der Waals surface area contributed by atoms with Crippen molar-refractivity contribution in [2.24, 2.45) is 0 Å². The number of carbonyl (C=O) groups excluding carboxylic acids is 1. The molecule has 2 rings (SSSR count). The monoisotopic (exact) mass is 309 g/mol. The van der Waals surface area contributed by atoms with Crippen LogP contribution in [0.15, 0.2) is 23.7 Å². The first kappa shape index (κ1) is 14.8. The molecule has 0 saturated carbocycles. The van der Waals surface area contributed by atoms with Crippen molar-refractivity contribution in [3.05, 3.63) is 44.7 Å². The van der Waals surface area contributed by atoms with Gasteiger partial charge in [-0.25, -0.2) is 4.98 Å². The van der Waals surface area contributed by atoms with E-state index >= 15 is 0 Å². The van der Waals surface area contributed by atoms with Crippen LogP contribution in [0, 0.1) is 0 Å². The maximum Gasteiger partial charge on any atom is 0.253 e. The van der Waals surface area contributed by atoms with Gasteiger partial charge in [0.15, 0.2) is 0 Å². The fourth-order valence-corrected chi connectivity index (χ4v) is 3.02. The molecule has 0 aliphatic carbocycles. The van der Waals surface area contributed by atoms with Gasteiger partial charge in [0.1, 0.15) is 5.82 Å². The van der Waals surface area contributed by atoms with Crippen molar-refractivity contribution in [3.8, 4) is 0 Å². The smallest absolute Gasteiger partial charge is 0.253 e. The van der Waals surface area contributed by atoms with Gasteiger partial charge in [0.05, 0.1) is 17.1 Å². The molecule has 0 bridgehead atoms. The van der Waals surface area contributed by atoms with Crippen LogP contribution in [0.4, 0.5) is 5.82 Å². The fraction of sp³-hybridized carbons (Fsp3) is 0.286. The SMILES string of the molecule is CCc1ccsc1CNC(=O)c1cnc(NC)c(Cl)c1. The zero-order valence-electron chi connectivity index (χ0n) is 11.4. The third-order valence-electron chi connectivity index (χ3n) is 2.97. The molecule has 0 aliphatic rings. The van der Waals surface area contributed by atoms with Gasteiger partial charge < -0.3 is 10.6 Å². The second kappa shape index (κ2) is 6.72. The molecule has 4 nitrogen and oxygen atoms in total. The minimum Gasteiger partial charge on any atom is -0.372 e. The van der Waals surface area contributed by atoms with Crippen LogP contribution >= 0.6 is 22.9 Å². The molecule has 1 amide bonds. The van der Waals surface area contributed by atoms with Gasteiger partial charge in [-0.2, -0.15) is 0 Å². The Morgan fingerprint density at radius 2 is 2.30 bits per heavy atom. The Balaban J connectivity index is 2.03. The van der Waals surface area contributed by atoms with Crippen LogP contribution < -0.4 is 10.6 Å². The number of anilines is 1. The summed E-state index contributed by atoms with van der Waals surface area (Å²) in [6, 6.07) is 3.71. The Morgan fingerprint density at radius 1 is 1.50 bits per heavy atom. The zero-order valence-corrected chi connectivity index (χ0v) is 12.9. The molecule has 20 heavy (non-hydrogen) atoms. The van der Waals surface area contributed by atoms with Gasteiger partial charge in [-0.15, -0.1) is 11.3 Å². The second-order valence-corrected chi connectivity index (χ2v) is 5.62. The van der Waals surface area contributed by atoms with Gasteiger partial charge in [-0.3, -0.25) is 4.79 Å². The highest BCUT2D eigenvalue weighted by Crippen LogP contribution is 2.20. The number of aryl methyl sites for hydroxylation is 1. The molecule has 0 unspecified atom stereocenters. The van der Waals surface area contributed by atoms with Gasteiger partial charge in [0.2, 0.25) is 0 Å². The van der Waals surface area contributed by atoms with Gasteiger partial charge in [0, 0.05) is 18.1 Å². The lowest BCUT2D eigenvalue weighted by Gasteiger charge is -2.07. The first-order valence-electron chi connectivity index (χ1n) is 6.32. The van der Waals surface area contributed by atoms with E-state index in [0.717, 1.165) is 6.42 Å². The summed E-state index contributed by atoms with van der Waals surface area (Å²) in [6.07, 6.45) is 2.49. The molecule has 106 valence electrons. The van der Waals surface area contributed by atoms with Crippen LogP contribution in [0.5, 0.6) is 0 Å². The largest absolute Gasteiger partial charge is 0.372 e. The molecule has 0 spiro atoms. The quantitative estimate of drug-likeness (QED) is 0.890. The highest BCUT2D eigenvalue weighted by atomic mass is 35.5. The second-order valence-electron chi connectivity index (χ2n) is 4.21. The number of rotatable bonds is 5. The molecule has 0 aliphatic heterocycles. The molecule has 0 saturated heterocycles. The van der Waals surface area contributed by atoms with E-state index in [1.165, 1.54) is 16.6 Å². The van der Waals surface area contributed by atoms with Gasteiger partial charge in [0.25, 0.3) is 5.91 Å². The predicted octanol–water partition coefficient (Wildman–Crippen LogP) is 3.33. The Bertz CT molecular complexity index is 612. The first-order valence-corrected chi connectivity index (χ1v) is 7.58. The number of aromatic nitrogens is 1. The number of hydrogen-bond acceptors (Lipinski definition) is 4. The molecule has 6 heteroatoms. The number of pyridine rings is 1. The van der Waals surface area contributed by atoms with Gasteiger partial charge in [-0.1, -0.05) is 18.5 Å². The maximum atomic E-state index is 12.1. The van der Waals surface area contributed by atoms with Crippen LogP contribution in [-0.4, -0.2) is 17.9 Å². The van der Waals surface area contributed by atoms with Crippen molar-refractivity contribution in [1.82, 2.24) is 10.3 Å². The number of amides is 1. The third-order valence-corrected chi connectivity index (χ3v) is 4.22. The number of nitrogens with zero attached hydrogens (tertiary/aromatic N) is 1. The lowest BCUT2D eigenvalue weighted by atomic mass is 10.2. The molecule has 0 radical (unpaired) electrons. The molecule has 2 N–H and O–H groups in total. The maximum absolute atomic E-state index is 12.1. The average Bonchev–Trinajstić information content (AvgIpc) is 2.92. The van der Waals surface area contributed by atoms with E-state index in [0.29, 0.717) is 22.9 Å². The molecule has 2 aromatic heterocycles. The summed E-state index contributed by atoms with van der Waals surface area (Å²) < 4.78 is 0. The van der Waals surface area contributed by atoms with Crippen molar-refractivity contribution in [1.29, 1.82) is 0 Å². The Labute approximate surface area is 127 Å². The fourth-order valence-electron chi connectivity index (χ4n) is 1.85. The minimum atomic E-state index is -0.169. The normalized spacial score (nSPS) is 10.3. The summed E-state index contributed by atoms with van der Waals surface area (Å²) in [4.78, 5) is 17.3. The van der Waals surface area contributed by atoms with E-state index in [1.807, 2.05) is 5.38 Å².